The Morgan fingerprint density at radius 1 is 1.83 bits per heavy atom. The third kappa shape index (κ3) is 1.98. The molecule has 0 aliphatic heterocycles. The predicted octanol–water partition coefficient (Wildman–Crippen LogP) is -0.248. The molecular formula is C7H13N5. The molecule has 12 heavy (non-hydrogen) atoms. The van der Waals surface area contributed by atoms with E-state index in [1.165, 1.54) is 0 Å². The van der Waals surface area contributed by atoms with Crippen LogP contribution in [0.15, 0.2) is 11.3 Å². The molecule has 0 bridgehead atoms. The summed E-state index contributed by atoms with van der Waals surface area (Å²) in [5.74, 6) is 0.428. The topological polar surface area (TPSA) is 79.1 Å². The van der Waals surface area contributed by atoms with Gasteiger partial charge in [0.1, 0.15) is 0 Å². The minimum Gasteiger partial charge on any atom is -0.370 e. The molecule has 5 nitrogen and oxygen atoms in total. The summed E-state index contributed by atoms with van der Waals surface area (Å²) in [4.78, 5) is 10.8. The molecular weight excluding hydrogens is 154 g/mol. The van der Waals surface area contributed by atoms with Crippen LogP contribution in [0.2, 0.25) is 0 Å². The lowest BCUT2D eigenvalue weighted by Crippen LogP contribution is -2.31. The van der Waals surface area contributed by atoms with Gasteiger partial charge >= 0.3 is 0 Å². The van der Waals surface area contributed by atoms with Gasteiger partial charge < -0.3 is 16.0 Å². The van der Waals surface area contributed by atoms with Gasteiger partial charge in [0.2, 0.25) is 0 Å². The number of nitrogens with zero attached hydrogens (tertiary/aromatic N) is 2. The zero-order chi connectivity index (χ0) is 8.97. The molecule has 0 atom stereocenters. The van der Waals surface area contributed by atoms with Crippen molar-refractivity contribution in [2.24, 2.45) is 10.7 Å². The first-order chi connectivity index (χ1) is 5.74. The first kappa shape index (κ1) is 8.58. The van der Waals surface area contributed by atoms with E-state index in [2.05, 4.69) is 20.3 Å². The molecule has 1 aromatic rings. The smallest absolute Gasteiger partial charge is 0.188 e. The van der Waals surface area contributed by atoms with E-state index in [1.54, 1.807) is 13.4 Å². The summed E-state index contributed by atoms with van der Waals surface area (Å²) in [6.07, 6.45) is 1.66. The van der Waals surface area contributed by atoms with Gasteiger partial charge in [-0.1, -0.05) is 0 Å². The second-order valence-electron chi connectivity index (χ2n) is 2.44. The van der Waals surface area contributed by atoms with E-state index < -0.39 is 0 Å². The van der Waals surface area contributed by atoms with E-state index >= 15 is 0 Å². The van der Waals surface area contributed by atoms with Crippen LogP contribution in [0.5, 0.6) is 0 Å². The van der Waals surface area contributed by atoms with Crippen molar-refractivity contribution in [1.29, 1.82) is 0 Å². The Labute approximate surface area is 71.1 Å². The fourth-order valence-corrected chi connectivity index (χ4v) is 0.819. The summed E-state index contributed by atoms with van der Waals surface area (Å²) in [6.45, 7) is 2.57. The number of aromatic nitrogens is 2. The van der Waals surface area contributed by atoms with E-state index in [0.717, 1.165) is 11.4 Å². The maximum atomic E-state index is 5.44. The number of aryl methyl sites for hydroxylation is 1. The second kappa shape index (κ2) is 3.75. The van der Waals surface area contributed by atoms with Crippen LogP contribution in [0.25, 0.3) is 0 Å². The Morgan fingerprint density at radius 2 is 2.58 bits per heavy atom. The van der Waals surface area contributed by atoms with Gasteiger partial charge in [-0.15, -0.1) is 0 Å². The third-order valence-corrected chi connectivity index (χ3v) is 1.61. The average molecular weight is 167 g/mol. The Bertz CT molecular complexity index is 275. The van der Waals surface area contributed by atoms with Crippen LogP contribution in [0.4, 0.5) is 0 Å². The second-order valence-corrected chi connectivity index (χ2v) is 2.44. The third-order valence-electron chi connectivity index (χ3n) is 1.61. The van der Waals surface area contributed by atoms with E-state index in [9.17, 15) is 0 Å². The van der Waals surface area contributed by atoms with Crippen LogP contribution in [-0.4, -0.2) is 23.0 Å². The summed E-state index contributed by atoms with van der Waals surface area (Å²) >= 11 is 0. The maximum absolute atomic E-state index is 5.44. The van der Waals surface area contributed by atoms with Crippen molar-refractivity contribution < 1.29 is 0 Å². The monoisotopic (exact) mass is 167 g/mol. The van der Waals surface area contributed by atoms with Crippen molar-refractivity contribution in [3.05, 3.63) is 17.7 Å². The number of hydrogen-bond donors (Lipinski definition) is 3. The lowest BCUT2D eigenvalue weighted by atomic mass is 10.3. The molecule has 0 fully saturated rings. The minimum absolute atomic E-state index is 0.428. The van der Waals surface area contributed by atoms with Crippen molar-refractivity contribution in [2.45, 2.75) is 13.5 Å². The number of rotatable bonds is 2. The van der Waals surface area contributed by atoms with Crippen LogP contribution in [0, 0.1) is 6.92 Å². The predicted molar refractivity (Wildman–Crippen MR) is 47.7 cm³/mol. The highest BCUT2D eigenvalue weighted by atomic mass is 15.1. The van der Waals surface area contributed by atoms with Crippen LogP contribution in [0.3, 0.4) is 0 Å². The van der Waals surface area contributed by atoms with Crippen LogP contribution in [-0.2, 0) is 6.54 Å². The number of aromatic amines is 1. The summed E-state index contributed by atoms with van der Waals surface area (Å²) < 4.78 is 0. The zero-order valence-electron chi connectivity index (χ0n) is 7.26. The van der Waals surface area contributed by atoms with Gasteiger partial charge in [0.15, 0.2) is 5.96 Å². The van der Waals surface area contributed by atoms with Gasteiger partial charge in [-0.05, 0) is 6.92 Å². The SMILES string of the molecule is CN=C(N)NCc1nc[nH]c1C. The summed E-state index contributed by atoms with van der Waals surface area (Å²) in [6, 6.07) is 0. The Hall–Kier alpha value is -1.52. The van der Waals surface area contributed by atoms with E-state index in [4.69, 9.17) is 5.73 Å². The number of hydrogen-bond acceptors (Lipinski definition) is 2. The Balaban J connectivity index is 2.49. The maximum Gasteiger partial charge on any atom is 0.188 e. The van der Waals surface area contributed by atoms with Crippen molar-refractivity contribution in [1.82, 2.24) is 15.3 Å². The number of nitrogens with one attached hydrogen (secondary N) is 2. The highest BCUT2D eigenvalue weighted by molar-refractivity contribution is 5.77. The number of aliphatic imine (C=N–C) groups is 1. The van der Waals surface area contributed by atoms with Crippen molar-refractivity contribution in [3.8, 4) is 0 Å². The van der Waals surface area contributed by atoms with Gasteiger partial charge in [0.25, 0.3) is 0 Å². The molecule has 5 heteroatoms. The molecule has 0 aromatic carbocycles. The van der Waals surface area contributed by atoms with Crippen LogP contribution in [0.1, 0.15) is 11.4 Å². The fourth-order valence-electron chi connectivity index (χ4n) is 0.819. The number of guanidine groups is 1. The molecule has 0 unspecified atom stereocenters. The van der Waals surface area contributed by atoms with Gasteiger partial charge in [-0.25, -0.2) is 4.98 Å². The fraction of sp³-hybridized carbons (Fsp3) is 0.429. The number of nitrogens with two attached hydrogens (primary N) is 1. The molecule has 0 spiro atoms. The van der Waals surface area contributed by atoms with E-state index in [-0.39, 0.29) is 0 Å². The molecule has 0 amide bonds. The van der Waals surface area contributed by atoms with Gasteiger partial charge in [0, 0.05) is 12.7 Å². The summed E-state index contributed by atoms with van der Waals surface area (Å²) in [5, 5.41) is 2.92. The lowest BCUT2D eigenvalue weighted by molar-refractivity contribution is 0.863. The van der Waals surface area contributed by atoms with Crippen molar-refractivity contribution in [3.63, 3.8) is 0 Å². The van der Waals surface area contributed by atoms with Crippen molar-refractivity contribution in [2.75, 3.05) is 7.05 Å². The quantitative estimate of drug-likeness (QED) is 0.420. The summed E-state index contributed by atoms with van der Waals surface area (Å²) in [7, 11) is 1.64. The van der Waals surface area contributed by atoms with Crippen molar-refractivity contribution >= 4 is 5.96 Å². The molecule has 0 aliphatic rings. The number of imidazole rings is 1. The molecule has 1 rings (SSSR count). The molecule has 0 radical (unpaired) electrons. The lowest BCUT2D eigenvalue weighted by Gasteiger charge is -2.02. The molecule has 66 valence electrons. The van der Waals surface area contributed by atoms with E-state index in [1.807, 2.05) is 6.92 Å². The van der Waals surface area contributed by atoms with E-state index in [0.29, 0.717) is 12.5 Å². The Morgan fingerprint density at radius 3 is 3.08 bits per heavy atom. The zero-order valence-corrected chi connectivity index (χ0v) is 7.26. The van der Waals surface area contributed by atoms with Crippen LogP contribution < -0.4 is 11.1 Å². The van der Waals surface area contributed by atoms with Gasteiger partial charge in [-0.3, -0.25) is 4.99 Å². The molecule has 1 aromatic heterocycles. The average Bonchev–Trinajstić information content (AvgIpc) is 2.47. The minimum atomic E-state index is 0.428. The largest absolute Gasteiger partial charge is 0.370 e. The molecule has 0 saturated heterocycles. The standard InChI is InChI=1S/C7H13N5/c1-5-6(12-4-11-5)3-10-7(8)9-2/h4H,3H2,1-2H3,(H,11,12)(H3,8,9,10). The van der Waals surface area contributed by atoms with Gasteiger partial charge in [0.05, 0.1) is 18.6 Å². The van der Waals surface area contributed by atoms with Crippen LogP contribution >= 0.6 is 0 Å². The highest BCUT2D eigenvalue weighted by Gasteiger charge is 1.99. The molecule has 4 N–H and O–H groups in total. The Kier molecular flexibility index (Phi) is 2.68. The molecule has 0 saturated carbocycles. The molecule has 1 heterocycles. The first-order valence-electron chi connectivity index (χ1n) is 3.69. The number of H-pyrrole nitrogens is 1. The first-order valence-corrected chi connectivity index (χ1v) is 3.69. The normalized spacial score (nSPS) is 11.7. The van der Waals surface area contributed by atoms with Gasteiger partial charge in [-0.2, -0.15) is 0 Å². The highest BCUT2D eigenvalue weighted by Crippen LogP contribution is 1.98. The molecule has 0 aliphatic carbocycles. The summed E-state index contributed by atoms with van der Waals surface area (Å²) in [5.41, 5.74) is 7.45.